The first-order valence-corrected chi connectivity index (χ1v) is 7.79. The zero-order chi connectivity index (χ0) is 15.9. The summed E-state index contributed by atoms with van der Waals surface area (Å²) in [7, 11) is 5.45. The zero-order valence-corrected chi connectivity index (χ0v) is 14.6. The summed E-state index contributed by atoms with van der Waals surface area (Å²) in [6, 6.07) is 8.03. The quantitative estimate of drug-likeness (QED) is 0.633. The van der Waals surface area contributed by atoms with Crippen LogP contribution in [0.15, 0.2) is 46.1 Å². The predicted octanol–water partition coefficient (Wildman–Crippen LogP) is 2.66. The molecule has 0 radical (unpaired) electrons. The molecular formula is C16H21BrN4O. The third-order valence-electron chi connectivity index (χ3n) is 3.27. The second kappa shape index (κ2) is 7.89. The maximum Gasteiger partial charge on any atom is 0.191 e. The van der Waals surface area contributed by atoms with Crippen molar-refractivity contribution in [1.29, 1.82) is 0 Å². The molecule has 0 spiro atoms. The van der Waals surface area contributed by atoms with E-state index in [4.69, 9.17) is 4.74 Å². The van der Waals surface area contributed by atoms with Gasteiger partial charge in [-0.05, 0) is 29.8 Å². The summed E-state index contributed by atoms with van der Waals surface area (Å²) >= 11 is 3.48. The van der Waals surface area contributed by atoms with E-state index in [9.17, 15) is 0 Å². The second-order valence-electron chi connectivity index (χ2n) is 4.92. The first kappa shape index (κ1) is 16.4. The van der Waals surface area contributed by atoms with Crippen molar-refractivity contribution in [3.8, 4) is 5.75 Å². The number of guanidine groups is 1. The van der Waals surface area contributed by atoms with Crippen LogP contribution in [-0.4, -0.2) is 24.7 Å². The summed E-state index contributed by atoms with van der Waals surface area (Å²) in [5, 5.41) is 6.59. The van der Waals surface area contributed by atoms with E-state index in [1.54, 1.807) is 14.2 Å². The lowest BCUT2D eigenvalue weighted by molar-refractivity contribution is 0.409. The van der Waals surface area contributed by atoms with E-state index in [1.165, 1.54) is 5.56 Å². The van der Waals surface area contributed by atoms with E-state index in [2.05, 4.69) is 43.8 Å². The largest absolute Gasteiger partial charge is 0.496 e. The molecule has 2 aromatic rings. The second-order valence-corrected chi connectivity index (χ2v) is 5.84. The Bertz CT molecular complexity index is 651. The third-order valence-corrected chi connectivity index (χ3v) is 3.76. The number of aliphatic imine (C=N–C) groups is 1. The first-order valence-electron chi connectivity index (χ1n) is 7.00. The van der Waals surface area contributed by atoms with Crippen molar-refractivity contribution in [2.24, 2.45) is 12.0 Å². The number of halogens is 1. The Morgan fingerprint density at radius 2 is 2.05 bits per heavy atom. The van der Waals surface area contributed by atoms with Crippen LogP contribution >= 0.6 is 15.9 Å². The summed E-state index contributed by atoms with van der Waals surface area (Å²) in [5.74, 6) is 1.61. The van der Waals surface area contributed by atoms with Crippen LogP contribution in [0.1, 0.15) is 11.1 Å². The Morgan fingerprint density at radius 3 is 2.68 bits per heavy atom. The van der Waals surface area contributed by atoms with Crippen molar-refractivity contribution in [3.63, 3.8) is 0 Å². The molecule has 0 fully saturated rings. The number of methoxy groups -OCH3 is 1. The predicted molar refractivity (Wildman–Crippen MR) is 93.1 cm³/mol. The summed E-state index contributed by atoms with van der Waals surface area (Å²) in [6.45, 7) is 1.37. The highest BCUT2D eigenvalue weighted by Gasteiger charge is 2.05. The molecule has 1 aromatic carbocycles. The van der Waals surface area contributed by atoms with Crippen molar-refractivity contribution >= 4 is 21.9 Å². The summed E-state index contributed by atoms with van der Waals surface area (Å²) in [6.07, 6.45) is 4.11. The van der Waals surface area contributed by atoms with E-state index in [1.807, 2.05) is 36.0 Å². The molecule has 2 rings (SSSR count). The van der Waals surface area contributed by atoms with Crippen LogP contribution in [-0.2, 0) is 20.1 Å². The smallest absolute Gasteiger partial charge is 0.191 e. The van der Waals surface area contributed by atoms with E-state index >= 15 is 0 Å². The Kier molecular flexibility index (Phi) is 5.89. The Morgan fingerprint density at radius 1 is 1.27 bits per heavy atom. The van der Waals surface area contributed by atoms with Gasteiger partial charge >= 0.3 is 0 Å². The molecule has 2 N–H and O–H groups in total. The Hall–Kier alpha value is -1.95. The Balaban J connectivity index is 1.92. The van der Waals surface area contributed by atoms with Gasteiger partial charge in [-0.2, -0.15) is 0 Å². The van der Waals surface area contributed by atoms with Crippen LogP contribution in [0.2, 0.25) is 0 Å². The number of aryl methyl sites for hydroxylation is 1. The fraction of sp³-hybridized carbons (Fsp3) is 0.312. The Labute approximate surface area is 139 Å². The van der Waals surface area contributed by atoms with Gasteiger partial charge < -0.3 is 19.9 Å². The fourth-order valence-electron chi connectivity index (χ4n) is 2.14. The normalized spacial score (nSPS) is 11.4. The molecule has 1 heterocycles. The number of nitrogens with zero attached hydrogens (tertiary/aromatic N) is 2. The number of hydrogen-bond acceptors (Lipinski definition) is 2. The van der Waals surface area contributed by atoms with E-state index < -0.39 is 0 Å². The van der Waals surface area contributed by atoms with Crippen molar-refractivity contribution in [1.82, 2.24) is 15.2 Å². The van der Waals surface area contributed by atoms with Gasteiger partial charge in [0, 0.05) is 49.6 Å². The van der Waals surface area contributed by atoms with Crippen LogP contribution in [0.25, 0.3) is 0 Å². The van der Waals surface area contributed by atoms with Crippen molar-refractivity contribution in [2.75, 3.05) is 14.2 Å². The molecule has 0 bridgehead atoms. The molecule has 0 atom stereocenters. The fourth-order valence-corrected chi connectivity index (χ4v) is 2.54. The van der Waals surface area contributed by atoms with Crippen LogP contribution < -0.4 is 15.4 Å². The third kappa shape index (κ3) is 4.53. The van der Waals surface area contributed by atoms with Gasteiger partial charge in [0.1, 0.15) is 5.75 Å². The summed E-state index contributed by atoms with van der Waals surface area (Å²) < 4.78 is 8.43. The van der Waals surface area contributed by atoms with Gasteiger partial charge in [-0.3, -0.25) is 4.99 Å². The van der Waals surface area contributed by atoms with Gasteiger partial charge in [-0.15, -0.1) is 0 Å². The zero-order valence-electron chi connectivity index (χ0n) is 13.1. The van der Waals surface area contributed by atoms with Crippen LogP contribution in [0, 0.1) is 0 Å². The van der Waals surface area contributed by atoms with Crippen LogP contribution in [0.5, 0.6) is 5.75 Å². The standard InChI is InChI=1S/C16H21BrN4O/c1-18-16(19-9-12-6-7-21(2)11-12)20-10-13-8-14(17)4-5-15(13)22-3/h4-8,11H,9-10H2,1-3H3,(H2,18,19,20). The molecule has 0 aliphatic heterocycles. The lowest BCUT2D eigenvalue weighted by Crippen LogP contribution is -2.36. The molecule has 1 aromatic heterocycles. The highest BCUT2D eigenvalue weighted by atomic mass is 79.9. The van der Waals surface area contributed by atoms with Crippen molar-refractivity contribution in [2.45, 2.75) is 13.1 Å². The molecule has 118 valence electrons. The van der Waals surface area contributed by atoms with Gasteiger partial charge in [-0.1, -0.05) is 15.9 Å². The van der Waals surface area contributed by atoms with Crippen LogP contribution in [0.4, 0.5) is 0 Å². The molecule has 0 unspecified atom stereocenters. The lowest BCUT2D eigenvalue weighted by Gasteiger charge is -2.13. The maximum atomic E-state index is 5.37. The highest BCUT2D eigenvalue weighted by Crippen LogP contribution is 2.22. The molecule has 22 heavy (non-hydrogen) atoms. The van der Waals surface area contributed by atoms with Gasteiger partial charge in [0.05, 0.1) is 7.11 Å². The number of benzene rings is 1. The van der Waals surface area contributed by atoms with E-state index in [0.29, 0.717) is 6.54 Å². The summed E-state index contributed by atoms with van der Waals surface area (Å²) in [4.78, 5) is 4.24. The molecule has 5 nitrogen and oxygen atoms in total. The van der Waals surface area contributed by atoms with E-state index in [-0.39, 0.29) is 0 Å². The number of hydrogen-bond donors (Lipinski definition) is 2. The minimum atomic E-state index is 0.636. The van der Waals surface area contributed by atoms with E-state index in [0.717, 1.165) is 28.3 Å². The van der Waals surface area contributed by atoms with Crippen molar-refractivity contribution in [3.05, 3.63) is 52.3 Å². The number of aromatic nitrogens is 1. The monoisotopic (exact) mass is 364 g/mol. The molecular weight excluding hydrogens is 344 g/mol. The van der Waals surface area contributed by atoms with Gasteiger partial charge in [-0.25, -0.2) is 0 Å². The average Bonchev–Trinajstić information content (AvgIpc) is 2.93. The molecule has 0 aliphatic carbocycles. The minimum Gasteiger partial charge on any atom is -0.496 e. The minimum absolute atomic E-state index is 0.636. The van der Waals surface area contributed by atoms with Crippen LogP contribution in [0.3, 0.4) is 0 Å². The average molecular weight is 365 g/mol. The molecule has 0 saturated carbocycles. The molecule has 0 aliphatic rings. The van der Waals surface area contributed by atoms with Gasteiger partial charge in [0.25, 0.3) is 0 Å². The first-order chi connectivity index (χ1) is 10.6. The number of ether oxygens (including phenoxy) is 1. The molecule has 0 amide bonds. The van der Waals surface area contributed by atoms with Crippen molar-refractivity contribution < 1.29 is 4.74 Å². The molecule has 6 heteroatoms. The number of rotatable bonds is 5. The SMILES string of the molecule is CN=C(NCc1ccn(C)c1)NCc1cc(Br)ccc1OC. The van der Waals surface area contributed by atoms with Gasteiger partial charge in [0.15, 0.2) is 5.96 Å². The molecule has 0 saturated heterocycles. The van der Waals surface area contributed by atoms with Gasteiger partial charge in [0.2, 0.25) is 0 Å². The summed E-state index contributed by atoms with van der Waals surface area (Å²) in [5.41, 5.74) is 2.28. The number of nitrogens with one attached hydrogen (secondary N) is 2. The maximum absolute atomic E-state index is 5.37. The lowest BCUT2D eigenvalue weighted by atomic mass is 10.2. The topological polar surface area (TPSA) is 50.6 Å². The highest BCUT2D eigenvalue weighted by molar-refractivity contribution is 9.10.